The molecule has 1 heterocycles. The first kappa shape index (κ1) is 20.4. The van der Waals surface area contributed by atoms with E-state index in [2.05, 4.69) is 17.1 Å². The molecule has 152 valence electrons. The van der Waals surface area contributed by atoms with Gasteiger partial charge >= 0.3 is 5.97 Å². The number of hydrogen-bond acceptors (Lipinski definition) is 7. The van der Waals surface area contributed by atoms with Crippen molar-refractivity contribution in [3.05, 3.63) is 59.5 Å². The fourth-order valence-corrected chi connectivity index (χ4v) is 2.79. The molecule has 0 spiro atoms. The molecule has 0 aliphatic heterocycles. The molecule has 29 heavy (non-hydrogen) atoms. The lowest BCUT2D eigenvalue weighted by Gasteiger charge is -2.08. The van der Waals surface area contributed by atoms with Crippen LogP contribution in [0, 0.1) is 0 Å². The Balaban J connectivity index is 1.51. The van der Waals surface area contributed by atoms with Gasteiger partial charge in [-0.1, -0.05) is 36.3 Å². The van der Waals surface area contributed by atoms with E-state index in [0.29, 0.717) is 23.7 Å². The number of benzene rings is 2. The SMILES string of the molecule is CCc1ccc(-c2noc(COC(=O)CCc3cc(OC)cc(OC)c3)n2)cc1. The van der Waals surface area contributed by atoms with Crippen molar-refractivity contribution in [1.82, 2.24) is 10.1 Å². The topological polar surface area (TPSA) is 83.7 Å². The summed E-state index contributed by atoms with van der Waals surface area (Å²) in [5.74, 6) is 1.74. The minimum Gasteiger partial charge on any atom is -0.497 e. The van der Waals surface area contributed by atoms with Crippen molar-refractivity contribution >= 4 is 5.97 Å². The van der Waals surface area contributed by atoms with E-state index in [4.69, 9.17) is 18.7 Å². The maximum Gasteiger partial charge on any atom is 0.306 e. The molecular weight excluding hydrogens is 372 g/mol. The summed E-state index contributed by atoms with van der Waals surface area (Å²) in [7, 11) is 3.17. The highest BCUT2D eigenvalue weighted by molar-refractivity contribution is 5.69. The van der Waals surface area contributed by atoms with E-state index in [9.17, 15) is 4.79 Å². The maximum atomic E-state index is 12.1. The Hall–Kier alpha value is -3.35. The average Bonchev–Trinajstić information content (AvgIpc) is 3.25. The highest BCUT2D eigenvalue weighted by Gasteiger charge is 2.12. The summed E-state index contributed by atoms with van der Waals surface area (Å²) in [5.41, 5.74) is 3.02. The lowest BCUT2D eigenvalue weighted by atomic mass is 10.1. The number of aromatic nitrogens is 2. The second-order valence-electron chi connectivity index (χ2n) is 6.44. The van der Waals surface area contributed by atoms with Gasteiger partial charge in [0.2, 0.25) is 5.82 Å². The van der Waals surface area contributed by atoms with Gasteiger partial charge in [-0.25, -0.2) is 0 Å². The molecule has 0 aliphatic rings. The Labute approximate surface area is 169 Å². The fraction of sp³-hybridized carbons (Fsp3) is 0.318. The molecule has 1 aromatic heterocycles. The second-order valence-corrected chi connectivity index (χ2v) is 6.44. The molecule has 3 aromatic rings. The third-order valence-corrected chi connectivity index (χ3v) is 4.47. The molecule has 2 aromatic carbocycles. The van der Waals surface area contributed by atoms with E-state index in [1.165, 1.54) is 5.56 Å². The van der Waals surface area contributed by atoms with Crippen molar-refractivity contribution in [3.63, 3.8) is 0 Å². The first-order valence-electron chi connectivity index (χ1n) is 9.40. The first-order valence-corrected chi connectivity index (χ1v) is 9.40. The van der Waals surface area contributed by atoms with E-state index in [-0.39, 0.29) is 24.9 Å². The highest BCUT2D eigenvalue weighted by atomic mass is 16.6. The number of hydrogen-bond donors (Lipinski definition) is 0. The van der Waals surface area contributed by atoms with E-state index < -0.39 is 0 Å². The number of esters is 1. The molecule has 0 saturated carbocycles. The van der Waals surface area contributed by atoms with Crippen molar-refractivity contribution < 1.29 is 23.5 Å². The number of carbonyl (C=O) groups excluding carboxylic acids is 1. The Bertz CT molecular complexity index is 928. The molecule has 0 fully saturated rings. The van der Waals surface area contributed by atoms with Crippen molar-refractivity contribution in [2.24, 2.45) is 0 Å². The number of aryl methyl sites for hydroxylation is 2. The smallest absolute Gasteiger partial charge is 0.306 e. The summed E-state index contributed by atoms with van der Waals surface area (Å²) in [6.45, 7) is 2.04. The molecule has 0 aliphatic carbocycles. The van der Waals surface area contributed by atoms with Gasteiger partial charge in [0.15, 0.2) is 6.61 Å². The summed E-state index contributed by atoms with van der Waals surface area (Å²) in [4.78, 5) is 16.4. The molecular formula is C22H24N2O5. The number of nitrogens with zero attached hydrogens (tertiary/aromatic N) is 2. The van der Waals surface area contributed by atoms with Crippen LogP contribution in [0.3, 0.4) is 0 Å². The van der Waals surface area contributed by atoms with E-state index in [0.717, 1.165) is 17.5 Å². The Morgan fingerprint density at radius 3 is 2.31 bits per heavy atom. The third-order valence-electron chi connectivity index (χ3n) is 4.47. The minimum atomic E-state index is -0.348. The summed E-state index contributed by atoms with van der Waals surface area (Å²) in [5, 5.41) is 3.95. The van der Waals surface area contributed by atoms with Gasteiger partial charge in [-0.3, -0.25) is 4.79 Å². The van der Waals surface area contributed by atoms with Crippen LogP contribution in [0.25, 0.3) is 11.4 Å². The summed E-state index contributed by atoms with van der Waals surface area (Å²) < 4.78 is 20.9. The van der Waals surface area contributed by atoms with Crippen LogP contribution in [-0.4, -0.2) is 30.3 Å². The Kier molecular flexibility index (Phi) is 6.84. The second kappa shape index (κ2) is 9.73. The maximum absolute atomic E-state index is 12.1. The number of methoxy groups -OCH3 is 2. The summed E-state index contributed by atoms with van der Waals surface area (Å²) in [6.07, 6.45) is 1.69. The number of ether oxygens (including phenoxy) is 3. The Morgan fingerprint density at radius 2 is 1.69 bits per heavy atom. The van der Waals surface area contributed by atoms with E-state index in [1.54, 1.807) is 20.3 Å². The molecule has 3 rings (SSSR count). The molecule has 0 radical (unpaired) electrons. The van der Waals surface area contributed by atoms with Crippen molar-refractivity contribution in [2.45, 2.75) is 32.8 Å². The van der Waals surface area contributed by atoms with Gasteiger partial charge in [0.25, 0.3) is 5.89 Å². The predicted octanol–water partition coefficient (Wildman–Crippen LogP) is 3.99. The van der Waals surface area contributed by atoms with Crippen LogP contribution >= 0.6 is 0 Å². The van der Waals surface area contributed by atoms with Gasteiger partial charge in [-0.2, -0.15) is 4.98 Å². The standard InChI is InChI=1S/C22H24N2O5/c1-4-15-5-8-17(9-6-15)22-23-20(29-24-22)14-28-21(25)10-7-16-11-18(26-2)13-19(12-16)27-3/h5-6,8-9,11-13H,4,7,10,14H2,1-3H3. The highest BCUT2D eigenvalue weighted by Crippen LogP contribution is 2.23. The molecule has 0 bridgehead atoms. The summed E-state index contributed by atoms with van der Waals surface area (Å²) in [6, 6.07) is 13.5. The average molecular weight is 396 g/mol. The van der Waals surface area contributed by atoms with Crippen LogP contribution in [0.5, 0.6) is 11.5 Å². The molecule has 0 N–H and O–H groups in total. The molecule has 7 nitrogen and oxygen atoms in total. The zero-order valence-electron chi connectivity index (χ0n) is 16.8. The van der Waals surface area contributed by atoms with Gasteiger partial charge in [-0.05, 0) is 36.1 Å². The van der Waals surface area contributed by atoms with Crippen LogP contribution in [0.15, 0.2) is 47.0 Å². The van der Waals surface area contributed by atoms with Crippen molar-refractivity contribution in [1.29, 1.82) is 0 Å². The zero-order valence-corrected chi connectivity index (χ0v) is 16.8. The van der Waals surface area contributed by atoms with Crippen molar-refractivity contribution in [2.75, 3.05) is 14.2 Å². The number of carbonyl (C=O) groups is 1. The lowest BCUT2D eigenvalue weighted by Crippen LogP contribution is -2.06. The van der Waals surface area contributed by atoms with Crippen LogP contribution in [0.4, 0.5) is 0 Å². The van der Waals surface area contributed by atoms with Crippen molar-refractivity contribution in [3.8, 4) is 22.9 Å². The van der Waals surface area contributed by atoms with E-state index in [1.807, 2.05) is 36.4 Å². The Morgan fingerprint density at radius 1 is 1.00 bits per heavy atom. The first-order chi connectivity index (χ1) is 14.1. The van der Waals surface area contributed by atoms with Gasteiger partial charge in [0.05, 0.1) is 14.2 Å². The molecule has 0 amide bonds. The van der Waals surface area contributed by atoms with Crippen LogP contribution in [0.2, 0.25) is 0 Å². The number of rotatable bonds is 9. The monoisotopic (exact) mass is 396 g/mol. The van der Waals surface area contributed by atoms with Gasteiger partial charge in [0, 0.05) is 18.1 Å². The van der Waals surface area contributed by atoms with Gasteiger partial charge in [-0.15, -0.1) is 0 Å². The predicted molar refractivity (Wildman–Crippen MR) is 107 cm³/mol. The van der Waals surface area contributed by atoms with E-state index >= 15 is 0 Å². The third kappa shape index (κ3) is 5.57. The normalized spacial score (nSPS) is 10.6. The van der Waals surface area contributed by atoms with Gasteiger partial charge < -0.3 is 18.7 Å². The molecule has 0 atom stereocenters. The van der Waals surface area contributed by atoms with Crippen LogP contribution < -0.4 is 9.47 Å². The largest absolute Gasteiger partial charge is 0.497 e. The molecule has 7 heteroatoms. The van der Waals surface area contributed by atoms with Gasteiger partial charge in [0.1, 0.15) is 11.5 Å². The molecule has 0 unspecified atom stereocenters. The quantitative estimate of drug-likeness (QED) is 0.506. The zero-order chi connectivity index (χ0) is 20.6. The fourth-order valence-electron chi connectivity index (χ4n) is 2.79. The summed E-state index contributed by atoms with van der Waals surface area (Å²) >= 11 is 0. The van der Waals surface area contributed by atoms with Crippen LogP contribution in [0.1, 0.15) is 30.4 Å². The minimum absolute atomic E-state index is 0.0552. The lowest BCUT2D eigenvalue weighted by molar-refractivity contribution is -0.145. The van der Waals surface area contributed by atoms with Crippen LogP contribution in [-0.2, 0) is 29.0 Å². The molecule has 0 saturated heterocycles.